The number of hydrazone groups is 1. The Labute approximate surface area is 166 Å². The molecule has 142 valence electrons. The molecular formula is C18H24BrN3O3S. The lowest BCUT2D eigenvalue weighted by Gasteiger charge is -2.30. The molecule has 8 heteroatoms. The van der Waals surface area contributed by atoms with Gasteiger partial charge in [0.1, 0.15) is 10.2 Å². The SMILES string of the molecule is CC(C)C(C)/N=C1\SCC(Br)(C2CC2)N1/N=C/c1cc(O)c(O)cc1O. The summed E-state index contributed by atoms with van der Waals surface area (Å²) < 4.78 is -0.279. The topological polar surface area (TPSA) is 88.7 Å². The summed E-state index contributed by atoms with van der Waals surface area (Å²) in [5.74, 6) is 0.989. The minimum absolute atomic E-state index is 0.142. The van der Waals surface area contributed by atoms with E-state index < -0.39 is 0 Å². The maximum absolute atomic E-state index is 10.00. The first-order valence-electron chi connectivity index (χ1n) is 8.71. The van der Waals surface area contributed by atoms with E-state index in [1.54, 1.807) is 11.8 Å². The summed E-state index contributed by atoms with van der Waals surface area (Å²) >= 11 is 5.56. The third kappa shape index (κ3) is 3.81. The van der Waals surface area contributed by atoms with Crippen molar-refractivity contribution in [3.8, 4) is 17.2 Å². The van der Waals surface area contributed by atoms with E-state index in [0.717, 1.165) is 29.8 Å². The molecule has 0 bridgehead atoms. The second kappa shape index (κ2) is 7.31. The molecule has 26 heavy (non-hydrogen) atoms. The van der Waals surface area contributed by atoms with Gasteiger partial charge < -0.3 is 15.3 Å². The maximum Gasteiger partial charge on any atom is 0.181 e. The minimum atomic E-state index is -0.364. The van der Waals surface area contributed by atoms with E-state index in [-0.39, 0.29) is 27.7 Å². The summed E-state index contributed by atoms with van der Waals surface area (Å²) in [6, 6.07) is 2.57. The van der Waals surface area contributed by atoms with E-state index in [9.17, 15) is 15.3 Å². The van der Waals surface area contributed by atoms with Gasteiger partial charge in [0.25, 0.3) is 0 Å². The van der Waals surface area contributed by atoms with Crippen molar-refractivity contribution >= 4 is 39.1 Å². The van der Waals surface area contributed by atoms with Gasteiger partial charge in [0.2, 0.25) is 0 Å². The van der Waals surface area contributed by atoms with Crippen molar-refractivity contribution in [3.63, 3.8) is 0 Å². The highest BCUT2D eigenvalue weighted by atomic mass is 79.9. The van der Waals surface area contributed by atoms with Crippen molar-refractivity contribution in [2.24, 2.45) is 21.9 Å². The first kappa shape index (κ1) is 19.4. The standard InChI is InChI=1S/C18H24BrN3O3S/c1-10(2)11(3)21-17-22(18(19,9-26-17)13-4-5-13)20-8-12-6-15(24)16(25)7-14(12)23/h6-8,10-11,13,23-25H,4-5,9H2,1-3H3/b20-8+,21-17-. The average Bonchev–Trinajstić information content (AvgIpc) is 3.37. The van der Waals surface area contributed by atoms with E-state index in [2.05, 4.69) is 41.8 Å². The molecule has 1 heterocycles. The molecule has 1 aliphatic carbocycles. The zero-order chi connectivity index (χ0) is 19.1. The van der Waals surface area contributed by atoms with Gasteiger partial charge in [-0.3, -0.25) is 4.99 Å². The fourth-order valence-corrected chi connectivity index (χ4v) is 5.07. The highest BCUT2D eigenvalue weighted by Gasteiger charge is 2.53. The number of thioether (sulfide) groups is 1. The fraction of sp³-hybridized carbons (Fsp3) is 0.556. The molecule has 2 aliphatic rings. The van der Waals surface area contributed by atoms with Crippen molar-refractivity contribution in [1.29, 1.82) is 0 Å². The van der Waals surface area contributed by atoms with Gasteiger partial charge in [-0.15, -0.1) is 0 Å². The molecule has 0 radical (unpaired) electrons. The number of nitrogens with zero attached hydrogens (tertiary/aromatic N) is 3. The van der Waals surface area contributed by atoms with Gasteiger partial charge in [0, 0.05) is 17.4 Å². The largest absolute Gasteiger partial charge is 0.507 e. The van der Waals surface area contributed by atoms with Crippen molar-refractivity contribution in [2.75, 3.05) is 5.75 Å². The summed E-state index contributed by atoms with van der Waals surface area (Å²) in [7, 11) is 0. The van der Waals surface area contributed by atoms with E-state index in [1.807, 2.05) is 5.01 Å². The molecule has 1 saturated heterocycles. The summed E-state index contributed by atoms with van der Waals surface area (Å²) in [4.78, 5) is 4.84. The lowest BCUT2D eigenvalue weighted by Crippen LogP contribution is -2.41. The molecule has 1 saturated carbocycles. The highest BCUT2D eigenvalue weighted by molar-refractivity contribution is 9.10. The Balaban J connectivity index is 1.93. The quantitative estimate of drug-likeness (QED) is 0.210. The van der Waals surface area contributed by atoms with Gasteiger partial charge in [0.15, 0.2) is 16.7 Å². The summed E-state index contributed by atoms with van der Waals surface area (Å²) in [6.45, 7) is 6.37. The Morgan fingerprint density at radius 3 is 2.46 bits per heavy atom. The Kier molecular flexibility index (Phi) is 5.44. The number of phenolic OH excluding ortho intramolecular Hbond substituents is 3. The highest BCUT2D eigenvalue weighted by Crippen LogP contribution is 2.53. The molecule has 0 amide bonds. The molecular weight excluding hydrogens is 418 g/mol. The predicted octanol–water partition coefficient (Wildman–Crippen LogP) is 4.09. The second-order valence-electron chi connectivity index (χ2n) is 7.23. The second-order valence-corrected chi connectivity index (χ2v) is 9.55. The number of aliphatic imine (C=N–C) groups is 1. The number of rotatable bonds is 5. The van der Waals surface area contributed by atoms with Crippen LogP contribution in [0.2, 0.25) is 0 Å². The summed E-state index contributed by atoms with van der Waals surface area (Å²) in [6.07, 6.45) is 3.79. The van der Waals surface area contributed by atoms with Crippen molar-refractivity contribution < 1.29 is 15.3 Å². The number of hydrogen-bond acceptors (Lipinski definition) is 6. The number of alkyl halides is 1. The van der Waals surface area contributed by atoms with Crippen LogP contribution >= 0.6 is 27.7 Å². The zero-order valence-corrected chi connectivity index (χ0v) is 17.5. The molecule has 3 N–H and O–H groups in total. The van der Waals surface area contributed by atoms with Gasteiger partial charge in [0.05, 0.1) is 12.3 Å². The smallest absolute Gasteiger partial charge is 0.181 e. The van der Waals surface area contributed by atoms with E-state index in [4.69, 9.17) is 4.99 Å². The van der Waals surface area contributed by atoms with Crippen molar-refractivity contribution in [2.45, 2.75) is 44.1 Å². The van der Waals surface area contributed by atoms with Crippen LogP contribution in [-0.2, 0) is 0 Å². The van der Waals surface area contributed by atoms with Gasteiger partial charge in [-0.1, -0.05) is 41.5 Å². The van der Waals surface area contributed by atoms with Crippen LogP contribution in [0, 0.1) is 11.8 Å². The zero-order valence-electron chi connectivity index (χ0n) is 15.1. The molecule has 1 aromatic carbocycles. The van der Waals surface area contributed by atoms with E-state index in [0.29, 0.717) is 17.4 Å². The molecule has 2 fully saturated rings. The lowest BCUT2D eigenvalue weighted by molar-refractivity contribution is 0.303. The molecule has 2 atom stereocenters. The van der Waals surface area contributed by atoms with Crippen molar-refractivity contribution in [1.82, 2.24) is 5.01 Å². The van der Waals surface area contributed by atoms with Crippen LogP contribution in [-0.4, -0.2) is 48.0 Å². The minimum Gasteiger partial charge on any atom is -0.507 e. The van der Waals surface area contributed by atoms with Crippen LogP contribution in [0.4, 0.5) is 0 Å². The molecule has 1 aromatic rings. The number of benzene rings is 1. The van der Waals surface area contributed by atoms with Gasteiger partial charge in [-0.25, -0.2) is 5.01 Å². The number of aromatic hydroxyl groups is 3. The first-order chi connectivity index (χ1) is 12.2. The Morgan fingerprint density at radius 1 is 1.19 bits per heavy atom. The molecule has 0 spiro atoms. The Hall–Kier alpha value is -1.41. The Morgan fingerprint density at radius 2 is 1.85 bits per heavy atom. The summed E-state index contributed by atoms with van der Waals surface area (Å²) in [5.41, 5.74) is 0.333. The van der Waals surface area contributed by atoms with E-state index >= 15 is 0 Å². The van der Waals surface area contributed by atoms with Crippen LogP contribution in [0.1, 0.15) is 39.2 Å². The van der Waals surface area contributed by atoms with Gasteiger partial charge >= 0.3 is 0 Å². The van der Waals surface area contributed by atoms with Gasteiger partial charge in [-0.2, -0.15) is 5.10 Å². The maximum atomic E-state index is 10.00. The van der Waals surface area contributed by atoms with Crippen LogP contribution in [0.3, 0.4) is 0 Å². The molecule has 1 aliphatic heterocycles. The number of phenols is 3. The predicted molar refractivity (Wildman–Crippen MR) is 109 cm³/mol. The molecule has 0 aromatic heterocycles. The summed E-state index contributed by atoms with van der Waals surface area (Å²) in [5, 5.41) is 36.5. The van der Waals surface area contributed by atoms with Crippen LogP contribution in [0.25, 0.3) is 0 Å². The van der Waals surface area contributed by atoms with E-state index in [1.165, 1.54) is 12.3 Å². The van der Waals surface area contributed by atoms with Crippen LogP contribution in [0.5, 0.6) is 17.2 Å². The number of amidine groups is 1. The van der Waals surface area contributed by atoms with Crippen molar-refractivity contribution in [3.05, 3.63) is 17.7 Å². The first-order valence-corrected chi connectivity index (χ1v) is 10.5. The Bertz CT molecular complexity index is 751. The van der Waals surface area contributed by atoms with Crippen LogP contribution < -0.4 is 0 Å². The molecule has 3 rings (SSSR count). The molecule has 2 unspecified atom stereocenters. The number of hydrogen-bond donors (Lipinski definition) is 3. The average molecular weight is 442 g/mol. The monoisotopic (exact) mass is 441 g/mol. The van der Waals surface area contributed by atoms with Gasteiger partial charge in [-0.05, 0) is 37.7 Å². The fourth-order valence-electron chi connectivity index (χ4n) is 2.63. The third-order valence-electron chi connectivity index (χ3n) is 4.85. The number of halogens is 1. The lowest BCUT2D eigenvalue weighted by atomic mass is 10.1. The molecule has 6 nitrogen and oxygen atoms in total. The normalized spacial score (nSPS) is 26.3. The van der Waals surface area contributed by atoms with Crippen LogP contribution in [0.15, 0.2) is 22.2 Å². The third-order valence-corrected chi connectivity index (χ3v) is 7.61.